The Morgan fingerprint density at radius 2 is 1.89 bits per heavy atom. The van der Waals surface area contributed by atoms with Crippen LogP contribution in [0, 0.1) is 10.1 Å². The van der Waals surface area contributed by atoms with Gasteiger partial charge in [0, 0.05) is 34.4 Å². The minimum atomic E-state index is -0.947. The van der Waals surface area contributed by atoms with Gasteiger partial charge in [0.05, 0.1) is 16.2 Å². The molecule has 1 aliphatic rings. The largest absolute Gasteiger partial charge is 0.486 e. The van der Waals surface area contributed by atoms with Crippen LogP contribution < -0.4 is 20.5 Å². The van der Waals surface area contributed by atoms with E-state index < -0.39 is 23.4 Å². The highest BCUT2D eigenvalue weighted by molar-refractivity contribution is 9.10. The lowest BCUT2D eigenvalue weighted by Crippen LogP contribution is -2.22. The number of hydrogen-bond donors (Lipinski definition) is 2. The number of carbonyl (C=O) groups is 2. The maximum absolute atomic E-state index is 12.1. The molecule has 1 heterocycles. The summed E-state index contributed by atoms with van der Waals surface area (Å²) in [6.45, 7) is 0.216. The average molecular weight is 452 g/mol. The number of halogens is 1. The molecule has 0 unspecified atom stereocenters. The fourth-order valence-electron chi connectivity index (χ4n) is 2.39. The molecule has 2 aromatic carbocycles. The second-order valence-corrected chi connectivity index (χ2v) is 6.48. The van der Waals surface area contributed by atoms with Gasteiger partial charge in [-0.15, -0.1) is 0 Å². The summed E-state index contributed by atoms with van der Waals surface area (Å²) in [6, 6.07) is 6.61. The Kier molecular flexibility index (Phi) is 5.64. The maximum Gasteiger partial charge on any atom is 0.341 e. The molecule has 0 saturated carbocycles. The number of nitrogens with zero attached hydrogens (tertiary/aromatic N) is 1. The second-order valence-electron chi connectivity index (χ2n) is 5.63. The van der Waals surface area contributed by atoms with E-state index in [0.29, 0.717) is 34.9 Å². The van der Waals surface area contributed by atoms with E-state index in [0.717, 1.165) is 12.1 Å². The molecule has 0 atom stereocenters. The van der Waals surface area contributed by atoms with Crippen LogP contribution in [0.5, 0.6) is 11.5 Å². The number of amides is 1. The summed E-state index contributed by atoms with van der Waals surface area (Å²) >= 11 is 3.31. The number of rotatable bonds is 5. The number of fused-ring (bicyclic) bond motifs is 1. The highest BCUT2D eigenvalue weighted by Crippen LogP contribution is 2.38. The number of carbonyl (C=O) groups excluding carboxylic acids is 2. The normalized spacial score (nSPS) is 12.2. The smallest absolute Gasteiger partial charge is 0.341 e. The first-order valence-corrected chi connectivity index (χ1v) is 8.74. The van der Waals surface area contributed by atoms with Crippen LogP contribution >= 0.6 is 15.9 Å². The number of non-ortho nitro benzene ring substituents is 1. The number of hydrogen-bond acceptors (Lipinski definition) is 8. The molecule has 0 fully saturated rings. The van der Waals surface area contributed by atoms with Crippen LogP contribution in [0.4, 0.5) is 17.1 Å². The van der Waals surface area contributed by atoms with Crippen LogP contribution in [-0.4, -0.2) is 36.6 Å². The first-order chi connectivity index (χ1) is 13.3. The quantitative estimate of drug-likeness (QED) is 0.305. The molecular formula is C17H14BrN3O7. The fourth-order valence-corrected chi connectivity index (χ4v) is 2.81. The van der Waals surface area contributed by atoms with E-state index in [-0.39, 0.29) is 16.9 Å². The van der Waals surface area contributed by atoms with E-state index >= 15 is 0 Å². The molecule has 0 spiro atoms. The molecule has 0 aliphatic carbocycles. The highest BCUT2D eigenvalue weighted by atomic mass is 79.9. The van der Waals surface area contributed by atoms with Crippen LogP contribution in [0.15, 0.2) is 34.8 Å². The molecule has 0 bridgehead atoms. The van der Waals surface area contributed by atoms with E-state index in [1.165, 1.54) is 6.07 Å². The van der Waals surface area contributed by atoms with Crippen molar-refractivity contribution < 1.29 is 28.7 Å². The minimum absolute atomic E-state index is 0.00517. The molecule has 1 amide bonds. The molecule has 1 aliphatic heterocycles. The lowest BCUT2D eigenvalue weighted by atomic mass is 10.1. The Labute approximate surface area is 166 Å². The van der Waals surface area contributed by atoms with Crippen molar-refractivity contribution in [2.24, 2.45) is 0 Å². The first kappa shape index (κ1) is 19.4. The number of ether oxygens (including phenoxy) is 3. The Bertz CT molecular complexity index is 964. The van der Waals surface area contributed by atoms with Crippen molar-refractivity contribution in [3.05, 3.63) is 50.5 Å². The molecule has 0 radical (unpaired) electrons. The number of nitro groups is 1. The van der Waals surface area contributed by atoms with Crippen molar-refractivity contribution in [2.45, 2.75) is 0 Å². The highest BCUT2D eigenvalue weighted by Gasteiger charge is 2.19. The lowest BCUT2D eigenvalue weighted by Gasteiger charge is -2.20. The number of esters is 1. The number of benzene rings is 2. The molecule has 3 rings (SSSR count). The Morgan fingerprint density at radius 3 is 2.57 bits per heavy atom. The van der Waals surface area contributed by atoms with E-state index in [1.807, 2.05) is 0 Å². The number of nitrogens with two attached hydrogens (primary N) is 1. The van der Waals surface area contributed by atoms with E-state index in [2.05, 4.69) is 21.2 Å². The van der Waals surface area contributed by atoms with Crippen LogP contribution in [0.2, 0.25) is 0 Å². The van der Waals surface area contributed by atoms with Crippen molar-refractivity contribution in [3.8, 4) is 11.5 Å². The van der Waals surface area contributed by atoms with Gasteiger partial charge in [0.1, 0.15) is 13.2 Å². The summed E-state index contributed by atoms with van der Waals surface area (Å²) in [4.78, 5) is 34.4. The van der Waals surface area contributed by atoms with Gasteiger partial charge in [-0.2, -0.15) is 0 Å². The van der Waals surface area contributed by atoms with Gasteiger partial charge in [0.25, 0.3) is 11.6 Å². The lowest BCUT2D eigenvalue weighted by molar-refractivity contribution is -0.384. The van der Waals surface area contributed by atoms with Gasteiger partial charge < -0.3 is 25.3 Å². The van der Waals surface area contributed by atoms with Gasteiger partial charge in [0.2, 0.25) is 0 Å². The molecule has 3 N–H and O–H groups in total. The minimum Gasteiger partial charge on any atom is -0.486 e. The molecule has 28 heavy (non-hydrogen) atoms. The van der Waals surface area contributed by atoms with Gasteiger partial charge in [-0.3, -0.25) is 14.9 Å². The molecule has 0 saturated heterocycles. The van der Waals surface area contributed by atoms with Crippen LogP contribution in [0.25, 0.3) is 0 Å². The van der Waals surface area contributed by atoms with Crippen LogP contribution in [0.1, 0.15) is 10.4 Å². The van der Waals surface area contributed by atoms with Crippen molar-refractivity contribution in [1.82, 2.24) is 0 Å². The summed E-state index contributed by atoms with van der Waals surface area (Å²) in [5, 5.41) is 13.4. The summed E-state index contributed by atoms with van der Waals surface area (Å²) in [7, 11) is 0. The fraction of sp³-hybridized carbons (Fsp3) is 0.176. The topological polar surface area (TPSA) is 143 Å². The molecule has 0 aromatic heterocycles. The number of nitrogen functional groups attached to an aromatic ring is 1. The summed E-state index contributed by atoms with van der Waals surface area (Å²) in [6.07, 6.45) is 0. The van der Waals surface area contributed by atoms with E-state index in [9.17, 15) is 19.7 Å². The van der Waals surface area contributed by atoms with Crippen molar-refractivity contribution >= 4 is 44.9 Å². The third kappa shape index (κ3) is 4.31. The molecular weight excluding hydrogens is 438 g/mol. The van der Waals surface area contributed by atoms with Crippen molar-refractivity contribution in [1.29, 1.82) is 0 Å². The molecule has 10 nitrogen and oxygen atoms in total. The van der Waals surface area contributed by atoms with Crippen LogP contribution in [0.3, 0.4) is 0 Å². The van der Waals surface area contributed by atoms with Gasteiger partial charge in [-0.05, 0) is 22.0 Å². The van der Waals surface area contributed by atoms with Gasteiger partial charge >= 0.3 is 5.97 Å². The zero-order valence-corrected chi connectivity index (χ0v) is 15.9. The predicted octanol–water partition coefficient (Wildman–Crippen LogP) is 2.51. The SMILES string of the molecule is Nc1ccc([N+](=O)[O-])cc1C(=O)OCC(=O)Nc1cc2c(cc1Br)OCCO2. The average Bonchev–Trinajstić information content (AvgIpc) is 2.67. The van der Waals surface area contributed by atoms with E-state index in [1.54, 1.807) is 12.1 Å². The summed E-state index contributed by atoms with van der Waals surface area (Å²) < 4.78 is 16.3. The number of nitrogens with one attached hydrogen (secondary N) is 1. The van der Waals surface area contributed by atoms with Gasteiger partial charge in [-0.1, -0.05) is 0 Å². The Hall–Kier alpha value is -3.34. The van der Waals surface area contributed by atoms with Crippen molar-refractivity contribution in [2.75, 3.05) is 30.9 Å². The summed E-state index contributed by atoms with van der Waals surface area (Å²) in [5.41, 5.74) is 5.55. The predicted molar refractivity (Wildman–Crippen MR) is 102 cm³/mol. The first-order valence-electron chi connectivity index (χ1n) is 7.95. The molecule has 11 heteroatoms. The summed E-state index contributed by atoms with van der Waals surface area (Å²) in [5.74, 6) is -0.540. The van der Waals surface area contributed by atoms with E-state index in [4.69, 9.17) is 19.9 Å². The third-order valence-electron chi connectivity index (χ3n) is 3.71. The molecule has 2 aromatic rings. The van der Waals surface area contributed by atoms with Gasteiger partial charge in [-0.25, -0.2) is 4.79 Å². The zero-order valence-electron chi connectivity index (χ0n) is 14.3. The van der Waals surface area contributed by atoms with Crippen LogP contribution in [-0.2, 0) is 9.53 Å². The van der Waals surface area contributed by atoms with Crippen molar-refractivity contribution in [3.63, 3.8) is 0 Å². The Balaban J connectivity index is 1.64. The second kappa shape index (κ2) is 8.13. The Morgan fingerprint density at radius 1 is 1.21 bits per heavy atom. The number of anilines is 2. The van der Waals surface area contributed by atoms with Gasteiger partial charge in [0.15, 0.2) is 18.1 Å². The monoisotopic (exact) mass is 451 g/mol. The maximum atomic E-state index is 12.1. The number of nitro benzene ring substituents is 1. The molecule has 146 valence electrons. The zero-order chi connectivity index (χ0) is 20.3. The third-order valence-corrected chi connectivity index (χ3v) is 4.36. The standard InChI is InChI=1S/C17H14BrN3O7/c18-11-6-14-15(27-4-3-26-14)7-13(11)20-16(22)8-28-17(23)10-5-9(21(24)25)1-2-12(10)19/h1-2,5-7H,3-4,8,19H2,(H,20,22).